The molecule has 174 valence electrons. The first-order valence-corrected chi connectivity index (χ1v) is 10.9. The molecule has 7 nitrogen and oxygen atoms in total. The Morgan fingerprint density at radius 1 is 1.06 bits per heavy atom. The number of amides is 1. The molecule has 1 N–H and O–H groups in total. The molecule has 0 radical (unpaired) electrons. The number of pyridine rings is 1. The van der Waals surface area contributed by atoms with Gasteiger partial charge in [0, 0.05) is 29.7 Å². The predicted molar refractivity (Wildman–Crippen MR) is 129 cm³/mol. The van der Waals surface area contributed by atoms with Crippen molar-refractivity contribution in [3.05, 3.63) is 89.3 Å². The number of aliphatic hydroxyl groups is 1. The molecule has 0 bridgehead atoms. The van der Waals surface area contributed by atoms with Crippen LogP contribution < -0.4 is 14.4 Å². The summed E-state index contributed by atoms with van der Waals surface area (Å²) in [6, 6.07) is 14.7. The van der Waals surface area contributed by atoms with Crippen LogP contribution in [0.2, 0.25) is 0 Å². The number of Topliss-reactive ketones (excluding diaryl/α,β-unsaturated/α-hetero) is 1. The molecular weight excluding hydrogens is 432 g/mol. The van der Waals surface area contributed by atoms with E-state index in [-0.39, 0.29) is 17.4 Å². The highest BCUT2D eigenvalue weighted by molar-refractivity contribution is 6.51. The number of carbonyl (C=O) groups excluding carboxylic acids is 2. The number of anilines is 1. The van der Waals surface area contributed by atoms with Crippen molar-refractivity contribution in [3.8, 4) is 11.5 Å². The van der Waals surface area contributed by atoms with Gasteiger partial charge in [0.1, 0.15) is 17.3 Å². The first kappa shape index (κ1) is 23.0. The Morgan fingerprint density at radius 2 is 1.79 bits per heavy atom. The second-order valence-corrected chi connectivity index (χ2v) is 8.30. The summed E-state index contributed by atoms with van der Waals surface area (Å²) in [6.45, 7) is 5.73. The van der Waals surface area contributed by atoms with Crippen LogP contribution in [0.5, 0.6) is 11.5 Å². The lowest BCUT2D eigenvalue weighted by atomic mass is 9.95. The molecule has 1 aliphatic rings. The fourth-order valence-corrected chi connectivity index (χ4v) is 4.06. The number of aromatic nitrogens is 1. The van der Waals surface area contributed by atoms with Gasteiger partial charge in [-0.05, 0) is 74.4 Å². The molecule has 0 aliphatic carbocycles. The number of methoxy groups -OCH3 is 1. The summed E-state index contributed by atoms with van der Waals surface area (Å²) >= 11 is 0. The zero-order valence-electron chi connectivity index (χ0n) is 19.5. The third-order valence-corrected chi connectivity index (χ3v) is 5.61. The van der Waals surface area contributed by atoms with E-state index in [2.05, 4.69) is 4.98 Å². The SMILES string of the molecule is COc1cccc(N2C(=O)C(=O)/C(=C(\O)c3ccc(OC(C)C)c(C)c3)C2c2ccncc2)c1. The van der Waals surface area contributed by atoms with Crippen molar-refractivity contribution in [1.29, 1.82) is 0 Å². The maximum absolute atomic E-state index is 13.3. The van der Waals surface area contributed by atoms with Crippen LogP contribution in [-0.2, 0) is 9.59 Å². The van der Waals surface area contributed by atoms with Gasteiger partial charge >= 0.3 is 0 Å². The molecule has 0 spiro atoms. The van der Waals surface area contributed by atoms with E-state index in [0.717, 1.165) is 5.56 Å². The largest absolute Gasteiger partial charge is 0.507 e. The van der Waals surface area contributed by atoms with Crippen molar-refractivity contribution in [1.82, 2.24) is 4.98 Å². The van der Waals surface area contributed by atoms with Crippen LogP contribution >= 0.6 is 0 Å². The Labute approximate surface area is 198 Å². The van der Waals surface area contributed by atoms with Crippen LogP contribution in [0.1, 0.15) is 36.6 Å². The molecule has 2 aromatic carbocycles. The minimum Gasteiger partial charge on any atom is -0.507 e. The number of hydrogen-bond acceptors (Lipinski definition) is 6. The summed E-state index contributed by atoms with van der Waals surface area (Å²) in [4.78, 5) is 31.9. The molecule has 2 heterocycles. The number of rotatable bonds is 6. The van der Waals surface area contributed by atoms with Crippen LogP contribution in [0.4, 0.5) is 5.69 Å². The van der Waals surface area contributed by atoms with Gasteiger partial charge in [-0.15, -0.1) is 0 Å². The third kappa shape index (κ3) is 4.24. The molecule has 7 heteroatoms. The summed E-state index contributed by atoms with van der Waals surface area (Å²) in [5, 5.41) is 11.3. The van der Waals surface area contributed by atoms with Crippen molar-refractivity contribution in [2.45, 2.75) is 32.9 Å². The first-order valence-electron chi connectivity index (χ1n) is 10.9. The zero-order valence-corrected chi connectivity index (χ0v) is 19.5. The van der Waals surface area contributed by atoms with Gasteiger partial charge in [-0.25, -0.2) is 0 Å². The summed E-state index contributed by atoms with van der Waals surface area (Å²) in [5.74, 6) is -0.501. The minimum atomic E-state index is -0.831. The number of aryl methyl sites for hydroxylation is 1. The van der Waals surface area contributed by atoms with Gasteiger partial charge < -0.3 is 14.6 Å². The van der Waals surface area contributed by atoms with Gasteiger partial charge in [-0.1, -0.05) is 6.07 Å². The van der Waals surface area contributed by atoms with E-state index in [1.165, 1.54) is 12.0 Å². The Morgan fingerprint density at radius 3 is 2.44 bits per heavy atom. The standard InChI is InChI=1S/C27H26N2O5/c1-16(2)34-22-9-8-19(14-17(22)3)25(30)23-24(18-10-12-28-13-11-18)29(27(32)26(23)31)20-6-5-7-21(15-20)33-4/h5-16,24,30H,1-4H3/b25-23-. The Kier molecular flexibility index (Phi) is 6.36. The molecule has 34 heavy (non-hydrogen) atoms. The van der Waals surface area contributed by atoms with E-state index in [0.29, 0.717) is 28.3 Å². The normalized spacial score (nSPS) is 17.3. The molecule has 1 unspecified atom stereocenters. The smallest absolute Gasteiger partial charge is 0.300 e. The van der Waals surface area contributed by atoms with Crippen molar-refractivity contribution in [3.63, 3.8) is 0 Å². The number of benzene rings is 2. The quantitative estimate of drug-likeness (QED) is 0.324. The molecule has 1 atom stereocenters. The Balaban J connectivity index is 1.88. The van der Waals surface area contributed by atoms with Gasteiger partial charge in [0.05, 0.1) is 24.8 Å². The maximum Gasteiger partial charge on any atom is 0.300 e. The van der Waals surface area contributed by atoms with Crippen LogP contribution in [0.15, 0.2) is 72.6 Å². The Bertz CT molecular complexity index is 1270. The molecule has 3 aromatic rings. The molecule has 1 fully saturated rings. The molecular formula is C27H26N2O5. The second kappa shape index (κ2) is 9.39. The number of hydrogen-bond donors (Lipinski definition) is 1. The van der Waals surface area contributed by atoms with E-state index in [1.54, 1.807) is 67.0 Å². The van der Waals surface area contributed by atoms with Crippen LogP contribution in [0, 0.1) is 6.92 Å². The molecule has 1 aliphatic heterocycles. The van der Waals surface area contributed by atoms with E-state index in [1.807, 2.05) is 20.8 Å². The highest BCUT2D eigenvalue weighted by atomic mass is 16.5. The summed E-state index contributed by atoms with van der Waals surface area (Å²) < 4.78 is 11.1. The number of carbonyl (C=O) groups is 2. The lowest BCUT2D eigenvalue weighted by Crippen LogP contribution is -2.29. The first-order chi connectivity index (χ1) is 16.3. The van der Waals surface area contributed by atoms with Crippen molar-refractivity contribution < 1.29 is 24.2 Å². The molecule has 1 saturated heterocycles. The van der Waals surface area contributed by atoms with Crippen LogP contribution in [0.25, 0.3) is 5.76 Å². The van der Waals surface area contributed by atoms with Crippen molar-refractivity contribution >= 4 is 23.1 Å². The fraction of sp³-hybridized carbons (Fsp3) is 0.222. The topological polar surface area (TPSA) is 89.0 Å². The molecule has 1 amide bonds. The number of ether oxygens (including phenoxy) is 2. The minimum absolute atomic E-state index is 0.00183. The fourth-order valence-electron chi connectivity index (χ4n) is 4.06. The van der Waals surface area contributed by atoms with Crippen LogP contribution in [-0.4, -0.2) is 35.0 Å². The van der Waals surface area contributed by atoms with Gasteiger partial charge in [-0.3, -0.25) is 19.5 Å². The highest BCUT2D eigenvalue weighted by Crippen LogP contribution is 2.42. The van der Waals surface area contributed by atoms with Crippen LogP contribution in [0.3, 0.4) is 0 Å². The van der Waals surface area contributed by atoms with E-state index in [4.69, 9.17) is 9.47 Å². The summed E-state index contributed by atoms with van der Waals surface area (Å²) in [5.41, 5.74) is 2.38. The third-order valence-electron chi connectivity index (χ3n) is 5.61. The second-order valence-electron chi connectivity index (χ2n) is 8.30. The maximum atomic E-state index is 13.3. The molecule has 0 saturated carbocycles. The average molecular weight is 459 g/mol. The van der Waals surface area contributed by atoms with Crippen molar-refractivity contribution in [2.24, 2.45) is 0 Å². The van der Waals surface area contributed by atoms with Gasteiger partial charge in [-0.2, -0.15) is 0 Å². The lowest BCUT2D eigenvalue weighted by molar-refractivity contribution is -0.132. The number of nitrogens with zero attached hydrogens (tertiary/aromatic N) is 2. The lowest BCUT2D eigenvalue weighted by Gasteiger charge is -2.25. The number of ketones is 1. The van der Waals surface area contributed by atoms with E-state index >= 15 is 0 Å². The predicted octanol–water partition coefficient (Wildman–Crippen LogP) is 4.81. The highest BCUT2D eigenvalue weighted by Gasteiger charge is 2.47. The van der Waals surface area contributed by atoms with Gasteiger partial charge in [0.2, 0.25) is 0 Å². The monoisotopic (exact) mass is 458 g/mol. The van der Waals surface area contributed by atoms with E-state index < -0.39 is 17.7 Å². The molecule has 1 aromatic heterocycles. The number of aliphatic hydroxyl groups excluding tert-OH is 1. The average Bonchev–Trinajstić information content (AvgIpc) is 3.10. The zero-order chi connectivity index (χ0) is 24.4. The summed E-state index contributed by atoms with van der Waals surface area (Å²) in [6.07, 6.45) is 3.17. The van der Waals surface area contributed by atoms with Gasteiger partial charge in [0.25, 0.3) is 11.7 Å². The van der Waals surface area contributed by atoms with E-state index in [9.17, 15) is 14.7 Å². The summed E-state index contributed by atoms with van der Waals surface area (Å²) in [7, 11) is 1.53. The van der Waals surface area contributed by atoms with Crippen molar-refractivity contribution in [2.75, 3.05) is 12.0 Å². The van der Waals surface area contributed by atoms with Gasteiger partial charge in [0.15, 0.2) is 0 Å². The molecule has 4 rings (SSSR count). The Hall–Kier alpha value is -4.13.